The molecule has 3 heterocycles. The summed E-state index contributed by atoms with van der Waals surface area (Å²) >= 11 is 0. The number of nitrogens with zero attached hydrogens (tertiary/aromatic N) is 4. The number of ether oxygens (including phenoxy) is 2. The molecule has 0 radical (unpaired) electrons. The number of nitrogens with one attached hydrogen (secondary N) is 1. The number of amides is 1. The first-order valence-electron chi connectivity index (χ1n) is 16.9. The summed E-state index contributed by atoms with van der Waals surface area (Å²) in [5.41, 5.74) is 7.80. The van der Waals surface area contributed by atoms with Gasteiger partial charge in [-0.1, -0.05) is 0 Å². The number of aryl methyl sites for hydroxylation is 1. The molecule has 1 aliphatic heterocycles. The molecule has 45 heavy (non-hydrogen) atoms. The van der Waals surface area contributed by atoms with Crippen LogP contribution in [-0.2, 0) is 14.3 Å². The average molecular weight is 618 g/mol. The Morgan fingerprint density at radius 1 is 1.04 bits per heavy atom. The molecule has 0 unspecified atom stereocenters. The van der Waals surface area contributed by atoms with Gasteiger partial charge in [-0.25, -0.2) is 10.4 Å². The van der Waals surface area contributed by atoms with Crippen LogP contribution in [0.25, 0.3) is 5.57 Å². The van der Waals surface area contributed by atoms with Crippen LogP contribution in [0.4, 0.5) is 5.82 Å². The minimum Gasteiger partial charge on any atom is -0.495 e. The number of carbonyl (C=O) groups excluding carboxylic acids is 2. The van der Waals surface area contributed by atoms with Gasteiger partial charge in [-0.2, -0.15) is 0 Å². The van der Waals surface area contributed by atoms with Crippen molar-refractivity contribution in [2.24, 2.45) is 17.8 Å². The molecule has 1 N–H and O–H groups in total. The molecule has 2 aromatic heterocycles. The van der Waals surface area contributed by atoms with Crippen LogP contribution in [0.2, 0.25) is 0 Å². The second-order valence-corrected chi connectivity index (χ2v) is 13.3. The van der Waals surface area contributed by atoms with Crippen LogP contribution in [-0.4, -0.2) is 59.7 Å². The van der Waals surface area contributed by atoms with E-state index < -0.39 is 0 Å². The number of carbonyl (C=O) groups is 2. The largest absolute Gasteiger partial charge is 0.495 e. The average Bonchev–Trinajstić information content (AvgIpc) is 3.55. The Hall–Kier alpha value is -3.46. The maximum atomic E-state index is 14.3. The van der Waals surface area contributed by atoms with E-state index >= 15 is 0 Å². The van der Waals surface area contributed by atoms with Crippen LogP contribution in [0.5, 0.6) is 5.75 Å². The Morgan fingerprint density at radius 2 is 1.78 bits per heavy atom. The summed E-state index contributed by atoms with van der Waals surface area (Å²) in [6, 6.07) is 8.62. The number of pyridine rings is 2. The maximum absolute atomic E-state index is 14.3. The highest BCUT2D eigenvalue weighted by Gasteiger charge is 2.34. The van der Waals surface area contributed by atoms with Crippen molar-refractivity contribution in [1.82, 2.24) is 20.4 Å². The Kier molecular flexibility index (Phi) is 11.1. The highest BCUT2D eigenvalue weighted by atomic mass is 16.5. The molecule has 0 aromatic carbocycles. The molecule has 2 fully saturated rings. The van der Waals surface area contributed by atoms with Crippen molar-refractivity contribution in [2.75, 3.05) is 31.7 Å². The summed E-state index contributed by atoms with van der Waals surface area (Å²) in [5.74, 6) is 2.68. The molecule has 9 heteroatoms. The molecule has 2 saturated carbocycles. The lowest BCUT2D eigenvalue weighted by molar-refractivity contribution is -0.144. The third-order valence-corrected chi connectivity index (χ3v) is 9.90. The smallest absolute Gasteiger partial charge is 0.306 e. The number of hydrazine groups is 1. The SMILES string of the molecule is CCOC(=O)C[C@H]1CC[C@H](C(=O)N(C[C@H]2CC[C@H](c3ccc(OC)c(C)n3)CC2)c2cc(C3=CN(C(C)C)NC3)ccn2)CC1. The van der Waals surface area contributed by atoms with E-state index in [0.29, 0.717) is 43.4 Å². The lowest BCUT2D eigenvalue weighted by Crippen LogP contribution is -2.42. The van der Waals surface area contributed by atoms with E-state index in [2.05, 4.69) is 42.6 Å². The molecule has 0 bridgehead atoms. The molecule has 0 saturated heterocycles. The highest BCUT2D eigenvalue weighted by molar-refractivity contribution is 5.94. The number of hydrogen-bond acceptors (Lipinski definition) is 8. The van der Waals surface area contributed by atoms with Gasteiger partial charge < -0.3 is 14.5 Å². The number of anilines is 1. The van der Waals surface area contributed by atoms with Crippen LogP contribution in [0.1, 0.15) is 101 Å². The topological polar surface area (TPSA) is 96.9 Å². The number of rotatable bonds is 11. The Bertz CT molecular complexity index is 1340. The molecule has 0 atom stereocenters. The van der Waals surface area contributed by atoms with E-state index in [4.69, 9.17) is 19.4 Å². The van der Waals surface area contributed by atoms with Gasteiger partial charge in [0.1, 0.15) is 11.6 Å². The van der Waals surface area contributed by atoms with Crippen molar-refractivity contribution >= 4 is 23.3 Å². The van der Waals surface area contributed by atoms with Gasteiger partial charge in [0.05, 0.1) is 19.4 Å². The van der Waals surface area contributed by atoms with Gasteiger partial charge in [0.15, 0.2) is 0 Å². The number of esters is 1. The monoisotopic (exact) mass is 617 g/mol. The van der Waals surface area contributed by atoms with Gasteiger partial charge in [-0.15, -0.1) is 0 Å². The first-order chi connectivity index (χ1) is 21.7. The van der Waals surface area contributed by atoms with Gasteiger partial charge in [0, 0.05) is 55.5 Å². The molecule has 2 aromatic rings. The summed E-state index contributed by atoms with van der Waals surface area (Å²) < 4.78 is 10.6. The van der Waals surface area contributed by atoms with Gasteiger partial charge >= 0.3 is 5.97 Å². The molecule has 1 amide bonds. The van der Waals surface area contributed by atoms with E-state index in [1.165, 1.54) is 5.57 Å². The number of hydrogen-bond donors (Lipinski definition) is 1. The minimum absolute atomic E-state index is 0.0551. The fourth-order valence-electron chi connectivity index (χ4n) is 7.21. The third-order valence-electron chi connectivity index (χ3n) is 9.90. The summed E-state index contributed by atoms with van der Waals surface area (Å²) in [7, 11) is 1.68. The fourth-order valence-corrected chi connectivity index (χ4v) is 7.21. The standard InChI is InChI=1S/C36H51N5O4/c1-6-45-35(42)19-26-7-13-29(14-8-26)36(43)40(34-20-30(17-18-37-34)31-21-38-41(23-31)24(2)3)22-27-9-11-28(12-10-27)32-15-16-33(44-5)25(4)39-32/h15-18,20,23-24,26-29,38H,6-14,19,21-22H2,1-5H3/t26-,27-,28-,29-. The zero-order valence-electron chi connectivity index (χ0n) is 27.8. The second kappa shape index (κ2) is 15.2. The minimum atomic E-state index is -0.128. The van der Waals surface area contributed by atoms with E-state index in [1.807, 2.05) is 37.1 Å². The van der Waals surface area contributed by atoms with Gasteiger partial charge in [0.2, 0.25) is 5.91 Å². The van der Waals surface area contributed by atoms with Crippen LogP contribution in [0.15, 0.2) is 36.7 Å². The van der Waals surface area contributed by atoms with Crippen molar-refractivity contribution in [3.8, 4) is 5.75 Å². The molecule has 0 spiro atoms. The van der Waals surface area contributed by atoms with Crippen molar-refractivity contribution < 1.29 is 19.1 Å². The lowest BCUT2D eigenvalue weighted by atomic mass is 9.78. The Morgan fingerprint density at radius 3 is 2.42 bits per heavy atom. The van der Waals surface area contributed by atoms with Crippen molar-refractivity contribution in [3.63, 3.8) is 0 Å². The summed E-state index contributed by atoms with van der Waals surface area (Å²) in [5, 5.41) is 2.13. The van der Waals surface area contributed by atoms with Crippen LogP contribution >= 0.6 is 0 Å². The van der Waals surface area contributed by atoms with Crippen molar-refractivity contribution in [2.45, 2.75) is 97.4 Å². The zero-order chi connectivity index (χ0) is 31.9. The van der Waals surface area contributed by atoms with Gasteiger partial charge in [0.25, 0.3) is 0 Å². The van der Waals surface area contributed by atoms with Crippen LogP contribution in [0, 0.1) is 24.7 Å². The summed E-state index contributed by atoms with van der Waals surface area (Å²) in [6.45, 7) is 10.0. The number of aromatic nitrogens is 2. The fraction of sp³-hybridized carbons (Fsp3) is 0.611. The van der Waals surface area contributed by atoms with Crippen LogP contribution < -0.4 is 15.1 Å². The van der Waals surface area contributed by atoms with Crippen molar-refractivity contribution in [3.05, 3.63) is 53.6 Å². The molecule has 244 valence electrons. The van der Waals surface area contributed by atoms with Crippen molar-refractivity contribution in [1.29, 1.82) is 0 Å². The van der Waals surface area contributed by atoms with Gasteiger partial charge in [-0.05, 0) is 126 Å². The quantitative estimate of drug-likeness (QED) is 0.288. The number of methoxy groups -OCH3 is 1. The first-order valence-corrected chi connectivity index (χ1v) is 16.9. The Balaban J connectivity index is 1.30. The zero-order valence-corrected chi connectivity index (χ0v) is 27.8. The molecular formula is C36H51N5O4. The molecular weight excluding hydrogens is 566 g/mol. The predicted octanol–water partition coefficient (Wildman–Crippen LogP) is 6.43. The van der Waals surface area contributed by atoms with E-state index in [0.717, 1.165) is 86.4 Å². The molecule has 2 aliphatic carbocycles. The second-order valence-electron chi connectivity index (χ2n) is 13.3. The van der Waals surface area contributed by atoms with Gasteiger partial charge in [-0.3, -0.25) is 19.5 Å². The molecule has 3 aliphatic rings. The van der Waals surface area contributed by atoms with E-state index in [9.17, 15) is 9.59 Å². The van der Waals surface area contributed by atoms with E-state index in [1.54, 1.807) is 7.11 Å². The predicted molar refractivity (Wildman–Crippen MR) is 176 cm³/mol. The highest BCUT2D eigenvalue weighted by Crippen LogP contribution is 2.38. The summed E-state index contributed by atoms with van der Waals surface area (Å²) in [4.78, 5) is 38.0. The third kappa shape index (κ3) is 8.23. The first kappa shape index (κ1) is 32.9. The van der Waals surface area contributed by atoms with Crippen LogP contribution in [0.3, 0.4) is 0 Å². The molecule has 5 rings (SSSR count). The van der Waals surface area contributed by atoms with E-state index in [-0.39, 0.29) is 17.8 Å². The Labute approximate surface area is 268 Å². The maximum Gasteiger partial charge on any atom is 0.306 e. The molecule has 9 nitrogen and oxygen atoms in total. The lowest BCUT2D eigenvalue weighted by Gasteiger charge is -2.35. The summed E-state index contributed by atoms with van der Waals surface area (Å²) in [6.07, 6.45) is 12.0. The normalized spacial score (nSPS) is 23.5.